The lowest BCUT2D eigenvalue weighted by Gasteiger charge is -2.33. The molecule has 21 heavy (non-hydrogen) atoms. The summed E-state index contributed by atoms with van der Waals surface area (Å²) in [6, 6.07) is 1.66. The molecule has 1 aliphatic rings. The summed E-state index contributed by atoms with van der Waals surface area (Å²) in [4.78, 5) is 14.4. The predicted molar refractivity (Wildman–Crippen MR) is 89.3 cm³/mol. The van der Waals surface area contributed by atoms with Crippen LogP contribution in [0.5, 0.6) is 0 Å². The van der Waals surface area contributed by atoms with Crippen LogP contribution in [0.4, 0.5) is 0 Å². The highest BCUT2D eigenvalue weighted by atomic mass is 35.5. The Labute approximate surface area is 139 Å². The van der Waals surface area contributed by atoms with Gasteiger partial charge in [-0.2, -0.15) is 5.10 Å². The lowest BCUT2D eigenvalue weighted by atomic mass is 9.93. The summed E-state index contributed by atoms with van der Waals surface area (Å²) in [5, 5.41) is 7.34. The largest absolute Gasteiger partial charge is 0.341 e. The van der Waals surface area contributed by atoms with Gasteiger partial charge >= 0.3 is 0 Å². The number of likely N-dealkylation sites (tertiary alicyclic amines) is 1. The van der Waals surface area contributed by atoms with Gasteiger partial charge in [-0.05, 0) is 51.8 Å². The quantitative estimate of drug-likeness (QED) is 0.896. The van der Waals surface area contributed by atoms with Crippen molar-refractivity contribution in [3.05, 3.63) is 18.5 Å². The Kier molecular flexibility index (Phi) is 9.66. The maximum atomic E-state index is 12.4. The Balaban J connectivity index is 0.00000200. The van der Waals surface area contributed by atoms with E-state index in [2.05, 4.69) is 10.4 Å². The second kappa shape index (κ2) is 10.0. The average Bonchev–Trinajstić information content (AvgIpc) is 2.98. The Morgan fingerprint density at radius 2 is 2.05 bits per heavy atom. The van der Waals surface area contributed by atoms with Crippen molar-refractivity contribution in [3.63, 3.8) is 0 Å². The van der Waals surface area contributed by atoms with Gasteiger partial charge in [0.05, 0.1) is 0 Å². The van der Waals surface area contributed by atoms with Gasteiger partial charge < -0.3 is 10.2 Å². The molecule has 1 aromatic rings. The van der Waals surface area contributed by atoms with E-state index in [1.165, 1.54) is 6.42 Å². The monoisotopic (exact) mass is 336 g/mol. The molecule has 0 saturated carbocycles. The van der Waals surface area contributed by atoms with Crippen LogP contribution in [0.1, 0.15) is 32.2 Å². The summed E-state index contributed by atoms with van der Waals surface area (Å²) in [6.45, 7) is 4.77. The summed E-state index contributed by atoms with van der Waals surface area (Å²) in [6.07, 6.45) is 7.03. The molecule has 0 aliphatic carbocycles. The number of aromatic nitrogens is 2. The van der Waals surface area contributed by atoms with E-state index in [4.69, 9.17) is 0 Å². The molecule has 1 amide bonds. The number of hydrogen-bond donors (Lipinski definition) is 1. The van der Waals surface area contributed by atoms with Crippen LogP contribution < -0.4 is 5.32 Å². The van der Waals surface area contributed by atoms with Crippen molar-refractivity contribution in [2.75, 3.05) is 26.7 Å². The number of nitrogens with zero attached hydrogens (tertiary/aromatic N) is 3. The Morgan fingerprint density at radius 3 is 2.57 bits per heavy atom. The fourth-order valence-electron chi connectivity index (χ4n) is 2.68. The van der Waals surface area contributed by atoms with E-state index in [0.717, 1.165) is 38.4 Å². The van der Waals surface area contributed by atoms with Crippen LogP contribution in [0.2, 0.25) is 0 Å². The van der Waals surface area contributed by atoms with Crippen LogP contribution in [0.25, 0.3) is 0 Å². The third-order valence-corrected chi connectivity index (χ3v) is 4.01. The molecule has 0 aromatic carbocycles. The molecule has 0 spiro atoms. The number of amides is 1. The standard InChI is InChI=1S/C14H24N4O.2ClH/c1-12(18-9-3-7-16-18)14(19)17-10-5-13(6-11-17)4-8-15-2;;/h3,7,9,12-13,15H,4-6,8,10-11H2,1-2H3;2*1H. The number of carbonyl (C=O) groups is 1. The summed E-state index contributed by atoms with van der Waals surface area (Å²) in [5.74, 6) is 0.951. The van der Waals surface area contributed by atoms with Crippen molar-refractivity contribution in [2.24, 2.45) is 5.92 Å². The second-order valence-electron chi connectivity index (χ2n) is 5.32. The summed E-state index contributed by atoms with van der Waals surface area (Å²) < 4.78 is 1.73. The van der Waals surface area contributed by atoms with E-state index in [-0.39, 0.29) is 36.8 Å². The topological polar surface area (TPSA) is 50.2 Å². The number of nitrogens with one attached hydrogen (secondary N) is 1. The van der Waals surface area contributed by atoms with Crippen molar-refractivity contribution in [2.45, 2.75) is 32.2 Å². The van der Waals surface area contributed by atoms with Gasteiger partial charge in [0.2, 0.25) is 5.91 Å². The van der Waals surface area contributed by atoms with Crippen LogP contribution in [-0.2, 0) is 4.79 Å². The first-order valence-corrected chi connectivity index (χ1v) is 7.15. The fourth-order valence-corrected chi connectivity index (χ4v) is 2.68. The first-order valence-electron chi connectivity index (χ1n) is 7.15. The lowest BCUT2D eigenvalue weighted by molar-refractivity contribution is -0.136. The number of rotatable bonds is 5. The van der Waals surface area contributed by atoms with Gasteiger partial charge in [-0.1, -0.05) is 0 Å². The first kappa shape index (κ1) is 20.2. The summed E-state index contributed by atoms with van der Waals surface area (Å²) in [5.41, 5.74) is 0. The van der Waals surface area contributed by atoms with Crippen molar-refractivity contribution in [3.8, 4) is 0 Å². The molecule has 7 heteroatoms. The van der Waals surface area contributed by atoms with E-state index < -0.39 is 0 Å². The molecule has 1 N–H and O–H groups in total. The number of halogens is 2. The molecule has 1 aromatic heterocycles. The second-order valence-corrected chi connectivity index (χ2v) is 5.32. The van der Waals surface area contributed by atoms with Gasteiger partial charge in [-0.25, -0.2) is 0 Å². The number of piperidine rings is 1. The summed E-state index contributed by atoms with van der Waals surface area (Å²) >= 11 is 0. The molecule has 0 bridgehead atoms. The van der Waals surface area contributed by atoms with Crippen LogP contribution in [0.3, 0.4) is 0 Å². The summed E-state index contributed by atoms with van der Waals surface area (Å²) in [7, 11) is 1.99. The smallest absolute Gasteiger partial charge is 0.247 e. The zero-order valence-corrected chi connectivity index (χ0v) is 14.3. The van der Waals surface area contributed by atoms with E-state index >= 15 is 0 Å². The van der Waals surface area contributed by atoms with Crippen molar-refractivity contribution in [1.82, 2.24) is 20.0 Å². The molecular formula is C14H26Cl2N4O. The van der Waals surface area contributed by atoms with Crippen LogP contribution in [0.15, 0.2) is 18.5 Å². The van der Waals surface area contributed by atoms with Gasteiger partial charge in [-0.3, -0.25) is 9.48 Å². The minimum absolute atomic E-state index is 0. The SMILES string of the molecule is CNCCC1CCN(C(=O)C(C)n2cccn2)CC1.Cl.Cl. The van der Waals surface area contributed by atoms with Gasteiger partial charge in [-0.15, -0.1) is 24.8 Å². The maximum Gasteiger partial charge on any atom is 0.247 e. The molecular weight excluding hydrogens is 311 g/mol. The normalized spacial score (nSPS) is 16.8. The molecule has 5 nitrogen and oxygen atoms in total. The fraction of sp³-hybridized carbons (Fsp3) is 0.714. The van der Waals surface area contributed by atoms with Crippen molar-refractivity contribution < 1.29 is 4.79 Å². The van der Waals surface area contributed by atoms with E-state index in [1.54, 1.807) is 10.9 Å². The lowest BCUT2D eigenvalue weighted by Crippen LogP contribution is -2.42. The first-order chi connectivity index (χ1) is 9.22. The van der Waals surface area contributed by atoms with Crippen molar-refractivity contribution in [1.29, 1.82) is 0 Å². The molecule has 122 valence electrons. The molecule has 1 atom stereocenters. The Morgan fingerprint density at radius 1 is 1.38 bits per heavy atom. The predicted octanol–water partition coefficient (Wildman–Crippen LogP) is 2.14. The molecule has 1 unspecified atom stereocenters. The molecule has 2 rings (SSSR count). The van der Waals surface area contributed by atoms with Gasteiger partial charge in [0, 0.05) is 25.5 Å². The minimum Gasteiger partial charge on any atom is -0.341 e. The minimum atomic E-state index is -0.191. The van der Waals surface area contributed by atoms with Crippen LogP contribution >= 0.6 is 24.8 Å². The highest BCUT2D eigenvalue weighted by Crippen LogP contribution is 2.22. The highest BCUT2D eigenvalue weighted by molar-refractivity contribution is 5.85. The number of carbonyl (C=O) groups excluding carboxylic acids is 1. The number of hydrogen-bond acceptors (Lipinski definition) is 3. The average molecular weight is 337 g/mol. The van der Waals surface area contributed by atoms with Gasteiger partial charge in [0.25, 0.3) is 0 Å². The molecule has 1 fully saturated rings. The molecule has 1 aliphatic heterocycles. The van der Waals surface area contributed by atoms with Crippen LogP contribution in [-0.4, -0.2) is 47.3 Å². The molecule has 2 heterocycles. The zero-order valence-electron chi connectivity index (χ0n) is 12.7. The molecule has 0 radical (unpaired) electrons. The van der Waals surface area contributed by atoms with Gasteiger partial charge in [0.1, 0.15) is 6.04 Å². The Bertz CT molecular complexity index is 392. The van der Waals surface area contributed by atoms with Crippen LogP contribution in [0, 0.1) is 5.92 Å². The van der Waals surface area contributed by atoms with Gasteiger partial charge in [0.15, 0.2) is 0 Å². The Hall–Kier alpha value is -0.780. The van der Waals surface area contributed by atoms with E-state index in [0.29, 0.717) is 0 Å². The zero-order chi connectivity index (χ0) is 13.7. The maximum absolute atomic E-state index is 12.4. The van der Waals surface area contributed by atoms with E-state index in [9.17, 15) is 4.79 Å². The van der Waals surface area contributed by atoms with Crippen molar-refractivity contribution >= 4 is 30.7 Å². The molecule has 1 saturated heterocycles. The highest BCUT2D eigenvalue weighted by Gasteiger charge is 2.26. The third kappa shape index (κ3) is 5.49. The third-order valence-electron chi connectivity index (χ3n) is 4.01. The van der Waals surface area contributed by atoms with E-state index in [1.807, 2.05) is 31.1 Å².